The number of hydrogen-bond acceptors (Lipinski definition) is 4. The first-order chi connectivity index (χ1) is 20.4. The van der Waals surface area contributed by atoms with Gasteiger partial charge in [0, 0.05) is 35.8 Å². The predicted molar refractivity (Wildman–Crippen MR) is 164 cm³/mol. The number of carbonyl (C=O) groups excluding carboxylic acids is 2. The molecule has 0 radical (unpaired) electrons. The number of ether oxygens (including phenoxy) is 1. The quantitative estimate of drug-likeness (QED) is 0.187. The molecular formula is C34H33ClN2O5. The van der Waals surface area contributed by atoms with Crippen LogP contribution in [0, 0.1) is 0 Å². The molecule has 0 bridgehead atoms. The van der Waals surface area contributed by atoms with Crippen LogP contribution in [0.15, 0.2) is 97.1 Å². The molecule has 0 aliphatic heterocycles. The molecule has 0 unspecified atom stereocenters. The normalized spacial score (nSPS) is 10.6. The van der Waals surface area contributed by atoms with E-state index in [-0.39, 0.29) is 31.3 Å². The van der Waals surface area contributed by atoms with Gasteiger partial charge in [0.15, 0.2) is 0 Å². The first-order valence-electron chi connectivity index (χ1n) is 13.8. The maximum Gasteiger partial charge on any atom is 0.305 e. The highest BCUT2D eigenvalue weighted by atomic mass is 35.5. The fraction of sp³-hybridized carbons (Fsp3) is 0.206. The number of nitrogens with one attached hydrogen (secondary N) is 1. The Labute approximate surface area is 250 Å². The molecule has 4 aromatic carbocycles. The monoisotopic (exact) mass is 584 g/mol. The van der Waals surface area contributed by atoms with Crippen LogP contribution in [-0.4, -0.2) is 47.5 Å². The Morgan fingerprint density at radius 3 is 2.21 bits per heavy atom. The van der Waals surface area contributed by atoms with Gasteiger partial charge < -0.3 is 20.1 Å². The van der Waals surface area contributed by atoms with Crippen molar-refractivity contribution in [1.82, 2.24) is 10.2 Å². The predicted octanol–water partition coefficient (Wildman–Crippen LogP) is 6.50. The van der Waals surface area contributed by atoms with Gasteiger partial charge in [0.1, 0.15) is 5.75 Å². The standard InChI is InChI=1S/C34H33ClN2O5/c1-2-42-26-12-9-10-24(22-26)18-20-37(21-19-32(38)39)34(41)30-16-7-5-14-28(30)27-13-4-6-15-29(27)33(40)36-23-25-11-3-8-17-31(25)35/h3-17,22H,2,18-21,23H2,1H3,(H,36,40)(H,38,39). The van der Waals surface area contributed by atoms with Gasteiger partial charge in [-0.1, -0.05) is 78.3 Å². The van der Waals surface area contributed by atoms with Crippen molar-refractivity contribution in [3.63, 3.8) is 0 Å². The highest BCUT2D eigenvalue weighted by Crippen LogP contribution is 2.29. The molecule has 4 aromatic rings. The first-order valence-corrected chi connectivity index (χ1v) is 14.2. The lowest BCUT2D eigenvalue weighted by atomic mass is 9.94. The third-order valence-corrected chi connectivity index (χ3v) is 7.15. The fourth-order valence-corrected chi connectivity index (χ4v) is 4.87. The van der Waals surface area contributed by atoms with Crippen molar-refractivity contribution in [3.05, 3.63) is 124 Å². The summed E-state index contributed by atoms with van der Waals surface area (Å²) in [6, 6.07) is 29.1. The number of rotatable bonds is 13. The van der Waals surface area contributed by atoms with Crippen LogP contribution in [0.2, 0.25) is 5.02 Å². The van der Waals surface area contributed by atoms with Crippen molar-refractivity contribution >= 4 is 29.4 Å². The van der Waals surface area contributed by atoms with Crippen LogP contribution in [-0.2, 0) is 17.8 Å². The van der Waals surface area contributed by atoms with E-state index in [1.54, 1.807) is 47.4 Å². The molecule has 7 nitrogen and oxygen atoms in total. The minimum atomic E-state index is -0.986. The van der Waals surface area contributed by atoms with Crippen molar-refractivity contribution in [1.29, 1.82) is 0 Å². The summed E-state index contributed by atoms with van der Waals surface area (Å²) < 4.78 is 5.60. The molecular weight excluding hydrogens is 552 g/mol. The zero-order valence-electron chi connectivity index (χ0n) is 23.4. The zero-order chi connectivity index (χ0) is 29.9. The minimum absolute atomic E-state index is 0.0492. The van der Waals surface area contributed by atoms with E-state index in [1.165, 1.54) is 0 Å². The van der Waals surface area contributed by atoms with Crippen LogP contribution in [0.5, 0.6) is 5.75 Å². The summed E-state index contributed by atoms with van der Waals surface area (Å²) in [7, 11) is 0. The maximum atomic E-state index is 14.0. The van der Waals surface area contributed by atoms with E-state index in [1.807, 2.05) is 61.5 Å². The number of benzene rings is 4. The Morgan fingerprint density at radius 2 is 1.50 bits per heavy atom. The van der Waals surface area contributed by atoms with E-state index in [4.69, 9.17) is 16.3 Å². The van der Waals surface area contributed by atoms with Crippen molar-refractivity contribution < 1.29 is 24.2 Å². The fourth-order valence-electron chi connectivity index (χ4n) is 4.67. The van der Waals surface area contributed by atoms with Gasteiger partial charge in [0.25, 0.3) is 11.8 Å². The van der Waals surface area contributed by atoms with Crippen LogP contribution >= 0.6 is 11.6 Å². The van der Waals surface area contributed by atoms with E-state index < -0.39 is 5.97 Å². The summed E-state index contributed by atoms with van der Waals surface area (Å²) in [4.78, 5) is 40.3. The Kier molecular flexibility index (Phi) is 10.7. The second kappa shape index (κ2) is 14.8. The highest BCUT2D eigenvalue weighted by molar-refractivity contribution is 6.31. The van der Waals surface area contributed by atoms with Gasteiger partial charge in [-0.15, -0.1) is 0 Å². The Balaban J connectivity index is 1.60. The summed E-state index contributed by atoms with van der Waals surface area (Å²) in [6.07, 6.45) is 0.337. The number of halogens is 1. The first kappa shape index (κ1) is 30.3. The van der Waals surface area contributed by atoms with Crippen molar-refractivity contribution in [3.8, 4) is 16.9 Å². The Bertz CT molecular complexity index is 1550. The van der Waals surface area contributed by atoms with Gasteiger partial charge in [0.2, 0.25) is 0 Å². The number of carbonyl (C=O) groups is 3. The van der Waals surface area contributed by atoms with Crippen LogP contribution in [0.3, 0.4) is 0 Å². The molecule has 2 amide bonds. The average Bonchev–Trinajstić information content (AvgIpc) is 3.00. The average molecular weight is 585 g/mol. The summed E-state index contributed by atoms with van der Waals surface area (Å²) in [5.74, 6) is -0.850. The van der Waals surface area contributed by atoms with E-state index in [0.29, 0.717) is 46.8 Å². The topological polar surface area (TPSA) is 95.9 Å². The number of carboxylic acid groups (broad SMARTS) is 1. The molecule has 0 fully saturated rings. The molecule has 8 heteroatoms. The summed E-state index contributed by atoms with van der Waals surface area (Å²) in [5.41, 5.74) is 3.75. The Hall–Kier alpha value is -4.62. The summed E-state index contributed by atoms with van der Waals surface area (Å²) >= 11 is 6.26. The van der Waals surface area contributed by atoms with Crippen molar-refractivity contribution in [2.24, 2.45) is 0 Å². The lowest BCUT2D eigenvalue weighted by Crippen LogP contribution is -2.35. The SMILES string of the molecule is CCOc1cccc(CCN(CCC(=O)O)C(=O)c2ccccc2-c2ccccc2C(=O)NCc2ccccc2Cl)c1. The van der Waals surface area contributed by atoms with Gasteiger partial charge in [-0.2, -0.15) is 0 Å². The molecule has 2 N–H and O–H groups in total. The van der Waals surface area contributed by atoms with E-state index in [0.717, 1.165) is 16.9 Å². The number of amides is 2. The van der Waals surface area contributed by atoms with E-state index >= 15 is 0 Å². The lowest BCUT2D eigenvalue weighted by Gasteiger charge is -2.24. The maximum absolute atomic E-state index is 14.0. The molecule has 0 heterocycles. The van der Waals surface area contributed by atoms with Crippen molar-refractivity contribution in [2.45, 2.75) is 26.3 Å². The van der Waals surface area contributed by atoms with Gasteiger partial charge in [-0.3, -0.25) is 14.4 Å². The molecule has 42 heavy (non-hydrogen) atoms. The number of aliphatic carboxylic acids is 1. The van der Waals surface area contributed by atoms with E-state index in [9.17, 15) is 19.5 Å². The molecule has 0 saturated heterocycles. The zero-order valence-corrected chi connectivity index (χ0v) is 24.1. The summed E-state index contributed by atoms with van der Waals surface area (Å²) in [5, 5.41) is 12.9. The van der Waals surface area contributed by atoms with Gasteiger partial charge in [-0.25, -0.2) is 0 Å². The lowest BCUT2D eigenvalue weighted by molar-refractivity contribution is -0.137. The van der Waals surface area contributed by atoms with E-state index in [2.05, 4.69) is 5.32 Å². The second-order valence-corrected chi connectivity index (χ2v) is 10.0. The Morgan fingerprint density at radius 1 is 0.833 bits per heavy atom. The molecule has 0 atom stereocenters. The van der Waals surface area contributed by atoms with Crippen LogP contribution in [0.1, 0.15) is 45.2 Å². The molecule has 216 valence electrons. The van der Waals surface area contributed by atoms with Crippen LogP contribution in [0.25, 0.3) is 11.1 Å². The smallest absolute Gasteiger partial charge is 0.305 e. The molecule has 0 aromatic heterocycles. The van der Waals surface area contributed by atoms with Gasteiger partial charge in [-0.05, 0) is 65.9 Å². The highest BCUT2D eigenvalue weighted by Gasteiger charge is 2.22. The molecule has 4 rings (SSSR count). The minimum Gasteiger partial charge on any atom is -0.494 e. The number of hydrogen-bond donors (Lipinski definition) is 2. The third-order valence-electron chi connectivity index (χ3n) is 6.78. The number of nitrogens with zero attached hydrogens (tertiary/aromatic N) is 1. The van der Waals surface area contributed by atoms with Crippen LogP contribution < -0.4 is 10.1 Å². The van der Waals surface area contributed by atoms with Gasteiger partial charge in [0.05, 0.1) is 13.0 Å². The van der Waals surface area contributed by atoms with Gasteiger partial charge >= 0.3 is 5.97 Å². The molecule has 0 aliphatic carbocycles. The van der Waals surface area contributed by atoms with Crippen molar-refractivity contribution in [2.75, 3.05) is 19.7 Å². The molecule has 0 spiro atoms. The summed E-state index contributed by atoms with van der Waals surface area (Å²) in [6.45, 7) is 3.07. The third kappa shape index (κ3) is 7.98. The number of carboxylic acids is 1. The van der Waals surface area contributed by atoms with Crippen LogP contribution in [0.4, 0.5) is 0 Å². The molecule has 0 aliphatic rings. The largest absolute Gasteiger partial charge is 0.494 e. The second-order valence-electron chi connectivity index (χ2n) is 9.63. The molecule has 0 saturated carbocycles.